The molecule has 0 amide bonds. The number of hydrogen-bond donors (Lipinski definition) is 1. The summed E-state index contributed by atoms with van der Waals surface area (Å²) in [6, 6.07) is 8.88. The van der Waals surface area contributed by atoms with Gasteiger partial charge in [-0.3, -0.25) is 0 Å². The number of aryl methyl sites for hydroxylation is 2. The average molecular weight is 289 g/mol. The largest absolute Gasteiger partial charge is 0.496 e. The van der Waals surface area contributed by atoms with Gasteiger partial charge >= 0.3 is 0 Å². The lowest BCUT2D eigenvalue weighted by molar-refractivity contribution is 0.401. The fraction of sp³-hybridized carbons (Fsp3) is 0.412. The van der Waals surface area contributed by atoms with E-state index in [0.717, 1.165) is 18.7 Å². The Morgan fingerprint density at radius 3 is 2.80 bits per heavy atom. The summed E-state index contributed by atoms with van der Waals surface area (Å²) in [6.07, 6.45) is 1.10. The van der Waals surface area contributed by atoms with Crippen molar-refractivity contribution in [2.75, 3.05) is 7.11 Å². The van der Waals surface area contributed by atoms with Crippen LogP contribution in [0.4, 0.5) is 0 Å². The van der Waals surface area contributed by atoms with Gasteiger partial charge in [-0.05, 0) is 48.9 Å². The third kappa shape index (κ3) is 3.41. The molecule has 1 aromatic carbocycles. The van der Waals surface area contributed by atoms with E-state index in [1.165, 1.54) is 21.6 Å². The lowest BCUT2D eigenvalue weighted by atomic mass is 10.0. The van der Waals surface area contributed by atoms with Crippen LogP contribution in [0.15, 0.2) is 29.6 Å². The maximum absolute atomic E-state index is 5.49. The highest BCUT2D eigenvalue weighted by atomic mass is 32.1. The monoisotopic (exact) mass is 289 g/mol. The number of thiophene rings is 1. The van der Waals surface area contributed by atoms with Crippen LogP contribution in [0.1, 0.15) is 41.5 Å². The van der Waals surface area contributed by atoms with Gasteiger partial charge in [0.1, 0.15) is 5.75 Å². The zero-order valence-corrected chi connectivity index (χ0v) is 13.5. The summed E-state index contributed by atoms with van der Waals surface area (Å²) >= 11 is 1.83. The second kappa shape index (κ2) is 6.91. The molecule has 0 aliphatic carbocycles. The smallest absolute Gasteiger partial charge is 0.123 e. The van der Waals surface area contributed by atoms with Crippen LogP contribution < -0.4 is 10.1 Å². The molecule has 20 heavy (non-hydrogen) atoms. The maximum Gasteiger partial charge on any atom is 0.123 e. The molecule has 2 nitrogen and oxygen atoms in total. The Kier molecular flexibility index (Phi) is 5.21. The van der Waals surface area contributed by atoms with E-state index in [9.17, 15) is 0 Å². The first-order valence-electron chi connectivity index (χ1n) is 7.08. The van der Waals surface area contributed by atoms with Gasteiger partial charge in [-0.2, -0.15) is 0 Å². The molecule has 0 radical (unpaired) electrons. The summed E-state index contributed by atoms with van der Waals surface area (Å²) in [5.74, 6) is 0.965. The molecule has 0 saturated heterocycles. The van der Waals surface area contributed by atoms with Gasteiger partial charge in [0.05, 0.1) is 7.11 Å². The molecule has 1 unspecified atom stereocenters. The molecule has 0 fully saturated rings. The first-order chi connectivity index (χ1) is 9.65. The van der Waals surface area contributed by atoms with Crippen molar-refractivity contribution in [2.45, 2.75) is 39.8 Å². The molecule has 2 aromatic rings. The second-order valence-electron chi connectivity index (χ2n) is 5.07. The molecule has 3 heteroatoms. The number of nitrogens with one attached hydrogen (secondary N) is 1. The Bertz CT molecular complexity index is 562. The summed E-state index contributed by atoms with van der Waals surface area (Å²) in [5, 5.41) is 5.77. The van der Waals surface area contributed by atoms with E-state index in [1.807, 2.05) is 11.3 Å². The van der Waals surface area contributed by atoms with Crippen molar-refractivity contribution in [3.8, 4) is 5.75 Å². The van der Waals surface area contributed by atoms with Crippen LogP contribution in [0.2, 0.25) is 0 Å². The zero-order chi connectivity index (χ0) is 14.5. The molecule has 0 aliphatic rings. The van der Waals surface area contributed by atoms with Gasteiger partial charge in [0.25, 0.3) is 0 Å². The van der Waals surface area contributed by atoms with E-state index in [4.69, 9.17) is 4.74 Å². The van der Waals surface area contributed by atoms with Gasteiger partial charge in [0, 0.05) is 23.0 Å². The van der Waals surface area contributed by atoms with Gasteiger partial charge in [-0.25, -0.2) is 0 Å². The molecule has 2 rings (SSSR count). The molecule has 0 spiro atoms. The number of methoxy groups -OCH3 is 1. The van der Waals surface area contributed by atoms with Gasteiger partial charge in [0.15, 0.2) is 0 Å². The van der Waals surface area contributed by atoms with Gasteiger partial charge < -0.3 is 10.1 Å². The normalized spacial score (nSPS) is 12.4. The van der Waals surface area contributed by atoms with Crippen LogP contribution in [0, 0.1) is 6.92 Å². The van der Waals surface area contributed by atoms with E-state index >= 15 is 0 Å². The first kappa shape index (κ1) is 15.1. The minimum Gasteiger partial charge on any atom is -0.496 e. The zero-order valence-electron chi connectivity index (χ0n) is 12.7. The second-order valence-corrected chi connectivity index (χ2v) is 6.07. The molecule has 1 atom stereocenters. The summed E-state index contributed by atoms with van der Waals surface area (Å²) < 4.78 is 5.49. The molecular formula is C17H23NOS. The minimum atomic E-state index is 0.275. The number of rotatable bonds is 6. The average Bonchev–Trinajstić information content (AvgIpc) is 2.92. The van der Waals surface area contributed by atoms with E-state index in [-0.39, 0.29) is 6.04 Å². The quantitative estimate of drug-likeness (QED) is 0.846. The topological polar surface area (TPSA) is 21.3 Å². The van der Waals surface area contributed by atoms with E-state index in [1.54, 1.807) is 7.11 Å². The van der Waals surface area contributed by atoms with E-state index in [2.05, 4.69) is 55.7 Å². The third-order valence-electron chi connectivity index (χ3n) is 3.64. The third-order valence-corrected chi connectivity index (χ3v) is 4.61. The van der Waals surface area contributed by atoms with Gasteiger partial charge in [0.2, 0.25) is 0 Å². The van der Waals surface area contributed by atoms with Crippen LogP contribution in [-0.4, -0.2) is 7.11 Å². The van der Waals surface area contributed by atoms with Gasteiger partial charge in [-0.15, -0.1) is 11.3 Å². The van der Waals surface area contributed by atoms with Crippen molar-refractivity contribution in [2.24, 2.45) is 0 Å². The van der Waals surface area contributed by atoms with E-state index < -0.39 is 0 Å². The highest BCUT2D eigenvalue weighted by Gasteiger charge is 2.12. The molecular weight excluding hydrogens is 266 g/mol. The Hall–Kier alpha value is -1.32. The van der Waals surface area contributed by atoms with Crippen molar-refractivity contribution in [3.63, 3.8) is 0 Å². The maximum atomic E-state index is 5.49. The molecule has 0 bridgehead atoms. The van der Waals surface area contributed by atoms with Crippen molar-refractivity contribution in [1.29, 1.82) is 0 Å². The SMILES string of the molecule is CCc1ccsc1CNC(C)c1ccc(C)cc1OC. The number of ether oxygens (including phenoxy) is 1. The van der Waals surface area contributed by atoms with Gasteiger partial charge in [-0.1, -0.05) is 19.1 Å². The van der Waals surface area contributed by atoms with Crippen molar-refractivity contribution in [1.82, 2.24) is 5.32 Å². The fourth-order valence-corrected chi connectivity index (χ4v) is 3.30. The molecule has 108 valence electrons. The molecule has 1 N–H and O–H groups in total. The Balaban J connectivity index is 2.07. The molecule has 1 aromatic heterocycles. The van der Waals surface area contributed by atoms with Crippen LogP contribution in [0.3, 0.4) is 0 Å². The number of benzene rings is 1. The van der Waals surface area contributed by atoms with Crippen LogP contribution in [0.5, 0.6) is 5.75 Å². The van der Waals surface area contributed by atoms with Crippen LogP contribution in [0.25, 0.3) is 0 Å². The first-order valence-corrected chi connectivity index (χ1v) is 7.96. The summed E-state index contributed by atoms with van der Waals surface area (Å²) in [5.41, 5.74) is 3.89. The van der Waals surface area contributed by atoms with Crippen molar-refractivity contribution in [3.05, 3.63) is 51.2 Å². The highest BCUT2D eigenvalue weighted by Crippen LogP contribution is 2.27. The van der Waals surface area contributed by atoms with Crippen LogP contribution >= 0.6 is 11.3 Å². The fourth-order valence-electron chi connectivity index (χ4n) is 2.37. The molecule has 0 aliphatic heterocycles. The molecule has 0 saturated carbocycles. The van der Waals surface area contributed by atoms with E-state index in [0.29, 0.717) is 0 Å². The standard InChI is InChI=1S/C17H23NOS/c1-5-14-8-9-20-17(14)11-18-13(3)15-7-6-12(2)10-16(15)19-4/h6-10,13,18H,5,11H2,1-4H3. The van der Waals surface area contributed by atoms with Crippen molar-refractivity contribution < 1.29 is 4.74 Å². The lowest BCUT2D eigenvalue weighted by Crippen LogP contribution is -2.18. The number of hydrogen-bond acceptors (Lipinski definition) is 3. The summed E-state index contributed by atoms with van der Waals surface area (Å²) in [4.78, 5) is 1.44. The minimum absolute atomic E-state index is 0.275. The van der Waals surface area contributed by atoms with Crippen molar-refractivity contribution >= 4 is 11.3 Å². The predicted octanol–water partition coefficient (Wildman–Crippen LogP) is 4.48. The van der Waals surface area contributed by atoms with Crippen LogP contribution in [-0.2, 0) is 13.0 Å². The summed E-state index contributed by atoms with van der Waals surface area (Å²) in [6.45, 7) is 7.40. The molecule has 1 heterocycles. The predicted molar refractivity (Wildman–Crippen MR) is 86.7 cm³/mol. The lowest BCUT2D eigenvalue weighted by Gasteiger charge is -2.18. The highest BCUT2D eigenvalue weighted by molar-refractivity contribution is 7.10. The Morgan fingerprint density at radius 1 is 1.30 bits per heavy atom. The Labute approximate surface area is 125 Å². The Morgan fingerprint density at radius 2 is 2.10 bits per heavy atom. The summed E-state index contributed by atoms with van der Waals surface area (Å²) in [7, 11) is 1.74.